The number of carbonyl (C=O) groups excluding carboxylic acids is 1. The van der Waals surface area contributed by atoms with Crippen LogP contribution in [0.25, 0.3) is 10.9 Å². The van der Waals surface area contributed by atoms with E-state index in [0.717, 1.165) is 27.8 Å². The number of aliphatic hydroxyl groups excluding tert-OH is 1. The van der Waals surface area contributed by atoms with E-state index in [1.807, 2.05) is 110 Å². The van der Waals surface area contributed by atoms with Gasteiger partial charge in [-0.3, -0.25) is 0 Å². The van der Waals surface area contributed by atoms with Gasteiger partial charge in [-0.05, 0) is 68.3 Å². The van der Waals surface area contributed by atoms with Crippen molar-refractivity contribution in [1.82, 2.24) is 9.47 Å². The summed E-state index contributed by atoms with van der Waals surface area (Å²) in [6.07, 6.45) is 0.603. The normalized spacial score (nSPS) is 13.2. The fourth-order valence-electron chi connectivity index (χ4n) is 4.28. The van der Waals surface area contributed by atoms with Gasteiger partial charge in [-0.2, -0.15) is 0 Å². The van der Waals surface area contributed by atoms with Gasteiger partial charge in [0.05, 0.1) is 18.7 Å². The van der Waals surface area contributed by atoms with Crippen molar-refractivity contribution in [3.05, 3.63) is 101 Å². The van der Waals surface area contributed by atoms with E-state index >= 15 is 0 Å². The number of aliphatic hydroxyl groups is 1. The third-order valence-corrected chi connectivity index (χ3v) is 6.19. The van der Waals surface area contributed by atoms with E-state index in [9.17, 15) is 9.90 Å². The van der Waals surface area contributed by atoms with Crippen LogP contribution in [0.5, 0.6) is 5.75 Å². The number of amides is 1. The van der Waals surface area contributed by atoms with Crippen molar-refractivity contribution in [3.8, 4) is 5.75 Å². The van der Waals surface area contributed by atoms with Gasteiger partial charge < -0.3 is 24.0 Å². The van der Waals surface area contributed by atoms with Gasteiger partial charge >= 0.3 is 6.09 Å². The summed E-state index contributed by atoms with van der Waals surface area (Å²) in [7, 11) is 1.64. The second-order valence-corrected chi connectivity index (χ2v) is 10.6. The molecule has 0 radical (unpaired) electrons. The number of hydrogen-bond donors (Lipinski definition) is 1. The molecule has 2 atom stereocenters. The molecule has 0 aliphatic rings. The SMILES string of the molecule is CN(C[C@@H](O)[C@H](c1ccccc1)n1ccc2cc(OCc3cccc(Cl)c3)ccc21)C(=O)OC(C)(C)C. The van der Waals surface area contributed by atoms with Crippen molar-refractivity contribution < 1.29 is 19.4 Å². The first kappa shape index (κ1) is 26.6. The molecule has 0 spiro atoms. The summed E-state index contributed by atoms with van der Waals surface area (Å²) in [6, 6.07) is 24.9. The van der Waals surface area contributed by atoms with E-state index < -0.39 is 23.8 Å². The van der Waals surface area contributed by atoms with Crippen LogP contribution in [-0.4, -0.2) is 46.0 Å². The zero-order chi connectivity index (χ0) is 26.6. The summed E-state index contributed by atoms with van der Waals surface area (Å²) in [5.74, 6) is 0.742. The van der Waals surface area contributed by atoms with Gasteiger partial charge in [0.15, 0.2) is 0 Å². The lowest BCUT2D eigenvalue weighted by Gasteiger charge is -2.30. The zero-order valence-corrected chi connectivity index (χ0v) is 22.4. The van der Waals surface area contributed by atoms with Crippen LogP contribution in [0.3, 0.4) is 0 Å². The summed E-state index contributed by atoms with van der Waals surface area (Å²) in [6.45, 7) is 5.98. The Morgan fingerprint density at radius 3 is 2.49 bits per heavy atom. The van der Waals surface area contributed by atoms with Crippen LogP contribution in [0.2, 0.25) is 5.02 Å². The van der Waals surface area contributed by atoms with Crippen LogP contribution in [0.4, 0.5) is 4.79 Å². The standard InChI is InChI=1S/C30H33ClN2O4/c1-30(2,3)37-29(35)32(4)19-27(34)28(22-10-6-5-7-11-22)33-16-15-23-18-25(13-14-26(23)33)36-20-21-9-8-12-24(31)17-21/h5-18,27-28,34H,19-20H2,1-4H3/t27-,28+/m1/s1. The average Bonchev–Trinajstić information content (AvgIpc) is 3.25. The lowest BCUT2D eigenvalue weighted by molar-refractivity contribution is 0.0168. The van der Waals surface area contributed by atoms with Gasteiger partial charge in [0.2, 0.25) is 0 Å². The smallest absolute Gasteiger partial charge is 0.410 e. The summed E-state index contributed by atoms with van der Waals surface area (Å²) < 4.78 is 13.5. The molecule has 0 saturated heterocycles. The van der Waals surface area contributed by atoms with Crippen molar-refractivity contribution in [1.29, 1.82) is 0 Å². The highest BCUT2D eigenvalue weighted by Crippen LogP contribution is 2.31. The highest BCUT2D eigenvalue weighted by molar-refractivity contribution is 6.30. The monoisotopic (exact) mass is 520 g/mol. The number of nitrogens with zero attached hydrogens (tertiary/aromatic N) is 2. The predicted molar refractivity (Wildman–Crippen MR) is 147 cm³/mol. The largest absolute Gasteiger partial charge is 0.489 e. The molecule has 0 saturated carbocycles. The van der Waals surface area contributed by atoms with Crippen LogP contribution < -0.4 is 4.74 Å². The molecular formula is C30H33ClN2O4. The number of hydrogen-bond acceptors (Lipinski definition) is 4. The molecule has 4 rings (SSSR count). The van der Waals surface area contributed by atoms with E-state index in [-0.39, 0.29) is 6.54 Å². The summed E-state index contributed by atoms with van der Waals surface area (Å²) in [5.41, 5.74) is 2.26. The van der Waals surface area contributed by atoms with E-state index in [2.05, 4.69) is 0 Å². The van der Waals surface area contributed by atoms with E-state index in [4.69, 9.17) is 21.1 Å². The number of carbonyl (C=O) groups is 1. The Hall–Kier alpha value is -3.48. The summed E-state index contributed by atoms with van der Waals surface area (Å²) in [4.78, 5) is 14.0. The minimum absolute atomic E-state index is 0.106. The van der Waals surface area contributed by atoms with Crippen LogP contribution in [0.15, 0.2) is 85.1 Å². The minimum atomic E-state index is -0.880. The van der Waals surface area contributed by atoms with Crippen LogP contribution >= 0.6 is 11.6 Å². The summed E-state index contributed by atoms with van der Waals surface area (Å²) in [5, 5.41) is 13.1. The molecule has 0 aliphatic carbocycles. The molecular weight excluding hydrogens is 488 g/mol. The maximum Gasteiger partial charge on any atom is 0.410 e. The zero-order valence-electron chi connectivity index (χ0n) is 21.6. The molecule has 1 aromatic heterocycles. The van der Waals surface area contributed by atoms with E-state index in [1.165, 1.54) is 4.90 Å². The molecule has 0 aliphatic heterocycles. The highest BCUT2D eigenvalue weighted by Gasteiger charge is 2.28. The van der Waals surface area contributed by atoms with Gasteiger partial charge in [0, 0.05) is 29.2 Å². The fraction of sp³-hybridized carbons (Fsp3) is 0.300. The van der Waals surface area contributed by atoms with Crippen LogP contribution in [0, 0.1) is 0 Å². The molecule has 4 aromatic rings. The number of halogens is 1. The van der Waals surface area contributed by atoms with Crippen molar-refractivity contribution in [3.63, 3.8) is 0 Å². The molecule has 6 nitrogen and oxygen atoms in total. The first-order valence-corrected chi connectivity index (χ1v) is 12.6. The number of rotatable bonds is 8. The van der Waals surface area contributed by atoms with Crippen molar-refractivity contribution in [2.24, 2.45) is 0 Å². The first-order valence-electron chi connectivity index (χ1n) is 12.3. The number of benzene rings is 3. The number of aromatic nitrogens is 1. The molecule has 0 bridgehead atoms. The lowest BCUT2D eigenvalue weighted by Crippen LogP contribution is -2.41. The Kier molecular flexibility index (Phi) is 8.10. The quantitative estimate of drug-likeness (QED) is 0.281. The second-order valence-electron chi connectivity index (χ2n) is 10.1. The minimum Gasteiger partial charge on any atom is -0.489 e. The molecule has 0 fully saturated rings. The Morgan fingerprint density at radius 2 is 1.78 bits per heavy atom. The number of fused-ring (bicyclic) bond motifs is 1. The molecule has 1 N–H and O–H groups in total. The van der Waals surface area contributed by atoms with E-state index in [1.54, 1.807) is 7.05 Å². The Labute approximate surface area is 223 Å². The van der Waals surface area contributed by atoms with Gasteiger partial charge in [-0.25, -0.2) is 4.79 Å². The Morgan fingerprint density at radius 1 is 1.03 bits per heavy atom. The molecule has 0 unspecified atom stereocenters. The maximum absolute atomic E-state index is 12.5. The van der Waals surface area contributed by atoms with Crippen LogP contribution in [0.1, 0.15) is 37.9 Å². The van der Waals surface area contributed by atoms with Gasteiger partial charge in [-0.15, -0.1) is 0 Å². The third-order valence-electron chi connectivity index (χ3n) is 5.96. The van der Waals surface area contributed by atoms with Crippen molar-refractivity contribution >= 4 is 28.6 Å². The fourth-order valence-corrected chi connectivity index (χ4v) is 4.49. The Bertz CT molecular complexity index is 1350. The summed E-state index contributed by atoms with van der Waals surface area (Å²) >= 11 is 6.08. The molecule has 37 heavy (non-hydrogen) atoms. The molecule has 1 heterocycles. The van der Waals surface area contributed by atoms with Gasteiger partial charge in [0.1, 0.15) is 18.0 Å². The average molecular weight is 521 g/mol. The number of likely N-dealkylation sites (N-methyl/N-ethyl adjacent to an activating group) is 1. The van der Waals surface area contributed by atoms with Gasteiger partial charge in [-0.1, -0.05) is 54.1 Å². The highest BCUT2D eigenvalue weighted by atomic mass is 35.5. The van der Waals surface area contributed by atoms with Crippen LogP contribution in [-0.2, 0) is 11.3 Å². The second kappa shape index (κ2) is 11.3. The predicted octanol–water partition coefficient (Wildman–Crippen LogP) is 6.69. The Balaban J connectivity index is 1.58. The maximum atomic E-state index is 12.5. The molecule has 3 aromatic carbocycles. The molecule has 7 heteroatoms. The lowest BCUT2D eigenvalue weighted by atomic mass is 10.0. The van der Waals surface area contributed by atoms with Crippen molar-refractivity contribution in [2.75, 3.05) is 13.6 Å². The third kappa shape index (κ3) is 6.85. The topological polar surface area (TPSA) is 63.9 Å². The van der Waals surface area contributed by atoms with Crippen molar-refractivity contribution in [2.45, 2.75) is 45.1 Å². The van der Waals surface area contributed by atoms with Gasteiger partial charge in [0.25, 0.3) is 0 Å². The molecule has 194 valence electrons. The first-order chi connectivity index (χ1) is 17.6. The molecule has 1 amide bonds. The number of ether oxygens (including phenoxy) is 2. The van der Waals surface area contributed by atoms with E-state index in [0.29, 0.717) is 11.6 Å².